The predicted molar refractivity (Wildman–Crippen MR) is 418 cm³/mol. The van der Waals surface area contributed by atoms with Crippen LogP contribution in [0.3, 0.4) is 0 Å². The van der Waals surface area contributed by atoms with Crippen molar-refractivity contribution in [3.8, 4) is 0 Å². The average Bonchev–Trinajstić information content (AvgIpc) is 0.915. The summed E-state index contributed by atoms with van der Waals surface area (Å²) in [7, 11) is -9.92. The van der Waals surface area contributed by atoms with Crippen molar-refractivity contribution in [2.24, 2.45) is 17.8 Å². The predicted octanol–water partition coefficient (Wildman–Crippen LogP) is 24.9. The molecule has 0 aliphatic heterocycles. The monoisotopic (exact) mass is 1490 g/mol. The average molecular weight is 1490 g/mol. The van der Waals surface area contributed by atoms with Gasteiger partial charge in [-0.25, -0.2) is 9.13 Å². The maximum Gasteiger partial charge on any atom is 0.472 e. The number of phosphoric ester groups is 2. The van der Waals surface area contributed by atoms with E-state index in [1.54, 1.807) is 0 Å². The van der Waals surface area contributed by atoms with Gasteiger partial charge in [0.15, 0.2) is 12.2 Å². The molecule has 606 valence electrons. The van der Waals surface area contributed by atoms with Crippen LogP contribution in [-0.2, 0) is 65.4 Å². The summed E-state index contributed by atoms with van der Waals surface area (Å²) in [6, 6.07) is 0. The topological polar surface area (TPSA) is 237 Å². The first-order valence-electron chi connectivity index (χ1n) is 42.8. The molecule has 17 nitrogen and oxygen atoms in total. The van der Waals surface area contributed by atoms with Crippen LogP contribution in [0.15, 0.2) is 0 Å². The van der Waals surface area contributed by atoms with Crippen molar-refractivity contribution in [2.75, 3.05) is 39.6 Å². The Hall–Kier alpha value is -1.94. The molecule has 0 aromatic rings. The molecule has 0 aromatic heterocycles. The second-order valence-electron chi connectivity index (χ2n) is 31.3. The normalized spacial score (nSPS) is 13.9. The van der Waals surface area contributed by atoms with Crippen molar-refractivity contribution in [3.63, 3.8) is 0 Å². The molecule has 0 radical (unpaired) electrons. The van der Waals surface area contributed by atoms with Gasteiger partial charge in [-0.15, -0.1) is 0 Å². The maximum atomic E-state index is 13.1. The summed E-state index contributed by atoms with van der Waals surface area (Å²) in [6.45, 7) is 11.9. The summed E-state index contributed by atoms with van der Waals surface area (Å²) in [4.78, 5) is 73.1. The van der Waals surface area contributed by atoms with Crippen LogP contribution in [0.1, 0.15) is 434 Å². The van der Waals surface area contributed by atoms with Crippen molar-refractivity contribution >= 4 is 39.5 Å². The number of aliphatic hydroxyl groups excluding tert-OH is 1. The van der Waals surface area contributed by atoms with Crippen LogP contribution < -0.4 is 0 Å². The molecule has 0 bridgehead atoms. The highest BCUT2D eigenvalue weighted by Gasteiger charge is 2.30. The molecular weight excluding hydrogens is 1330 g/mol. The van der Waals surface area contributed by atoms with E-state index in [0.717, 1.165) is 108 Å². The molecule has 0 aromatic carbocycles. The number of hydrogen-bond donors (Lipinski definition) is 3. The molecule has 0 aliphatic carbocycles. The van der Waals surface area contributed by atoms with Gasteiger partial charge in [0.1, 0.15) is 19.3 Å². The molecule has 0 rings (SSSR count). The number of phosphoric acid groups is 2. The highest BCUT2D eigenvalue weighted by molar-refractivity contribution is 7.47. The molecule has 0 amide bonds. The number of ether oxygens (including phenoxy) is 4. The first kappa shape index (κ1) is 100. The quantitative estimate of drug-likeness (QED) is 0.0222. The molecule has 0 aliphatic rings. The third kappa shape index (κ3) is 76.3. The van der Waals surface area contributed by atoms with E-state index >= 15 is 0 Å². The first-order valence-corrected chi connectivity index (χ1v) is 45.8. The Morgan fingerprint density at radius 3 is 0.667 bits per heavy atom. The lowest BCUT2D eigenvalue weighted by molar-refractivity contribution is -0.161. The summed E-state index contributed by atoms with van der Waals surface area (Å²) in [5, 5.41) is 10.7. The van der Waals surface area contributed by atoms with Crippen molar-refractivity contribution in [1.29, 1.82) is 0 Å². The number of carbonyl (C=O) groups excluding carboxylic acids is 4. The fraction of sp³-hybridized carbons (Fsp3) is 0.952. The summed E-state index contributed by atoms with van der Waals surface area (Å²) in [6.07, 6.45) is 62.5. The highest BCUT2D eigenvalue weighted by Crippen LogP contribution is 2.45. The minimum absolute atomic E-state index is 0.106. The summed E-state index contributed by atoms with van der Waals surface area (Å²) in [5.41, 5.74) is 0. The second kappa shape index (κ2) is 73.2. The molecule has 0 fully saturated rings. The van der Waals surface area contributed by atoms with E-state index in [-0.39, 0.29) is 25.7 Å². The van der Waals surface area contributed by atoms with Gasteiger partial charge in [-0.3, -0.25) is 37.3 Å². The molecular formula is C83H162O17P2. The zero-order valence-corrected chi connectivity index (χ0v) is 68.9. The van der Waals surface area contributed by atoms with Crippen LogP contribution in [0.4, 0.5) is 0 Å². The van der Waals surface area contributed by atoms with E-state index in [9.17, 15) is 43.2 Å². The summed E-state index contributed by atoms with van der Waals surface area (Å²) < 4.78 is 68.8. The van der Waals surface area contributed by atoms with Crippen LogP contribution in [0.2, 0.25) is 0 Å². The molecule has 19 heteroatoms. The van der Waals surface area contributed by atoms with Crippen LogP contribution in [-0.4, -0.2) is 96.7 Å². The number of aliphatic hydroxyl groups is 1. The molecule has 3 N–H and O–H groups in total. The van der Waals surface area contributed by atoms with Gasteiger partial charge >= 0.3 is 39.5 Å². The first-order chi connectivity index (χ1) is 49.2. The molecule has 102 heavy (non-hydrogen) atoms. The van der Waals surface area contributed by atoms with Gasteiger partial charge in [-0.05, 0) is 43.4 Å². The van der Waals surface area contributed by atoms with E-state index in [1.807, 2.05) is 0 Å². The van der Waals surface area contributed by atoms with Gasteiger partial charge < -0.3 is 33.8 Å². The largest absolute Gasteiger partial charge is 0.472 e. The Labute approximate surface area is 626 Å². The smallest absolute Gasteiger partial charge is 0.462 e. The SMILES string of the molecule is CCCCCCCCCCCCCCCCCCCCCCCC(=O)O[C@H](COC(=O)CCCCCCCCCCCCCCC(C)C)COP(=O)(O)OC[C@@H](O)COP(=O)(O)OC[C@@H](COC(=O)CCCCCCCCCCCCC(C)C)OC(=O)CCCCCCCCCCCCC(C)C. The standard InChI is InChI=1S/C83H162O17P2/c1-8-9-10-11-12-13-14-15-16-17-18-19-20-21-22-23-28-38-45-52-59-66-82(87)99-78(70-93-80(85)64-57-50-43-36-27-25-24-26-33-40-47-54-61-74(2)3)72-97-101(89,90)95-68-77(84)69-96-102(91,92)98-73-79(100-83(88)67-60-53-46-39-32-30-35-42-49-56-63-76(6)7)71-94-81(86)65-58-51-44-37-31-29-34-41-48-55-62-75(4)5/h74-79,84H,8-73H2,1-7H3,(H,89,90)(H,91,92)/t77-,78-,79-/m1/s1. The number of esters is 4. The minimum Gasteiger partial charge on any atom is -0.462 e. The van der Waals surface area contributed by atoms with E-state index in [4.69, 9.17) is 37.0 Å². The number of rotatable bonds is 81. The van der Waals surface area contributed by atoms with Crippen LogP contribution in [0, 0.1) is 17.8 Å². The molecule has 0 heterocycles. The van der Waals surface area contributed by atoms with Gasteiger partial charge in [0.05, 0.1) is 26.4 Å². The third-order valence-corrected chi connectivity index (χ3v) is 21.3. The van der Waals surface area contributed by atoms with Crippen LogP contribution >= 0.6 is 15.6 Å². The number of unbranched alkanes of at least 4 members (excludes halogenated alkanes) is 49. The minimum atomic E-state index is -4.96. The highest BCUT2D eigenvalue weighted by atomic mass is 31.2. The Morgan fingerprint density at radius 1 is 0.265 bits per heavy atom. The van der Waals surface area contributed by atoms with Crippen molar-refractivity contribution < 1.29 is 80.2 Å². The lowest BCUT2D eigenvalue weighted by Crippen LogP contribution is -2.30. The zero-order chi connectivity index (χ0) is 75.1. The number of hydrogen-bond acceptors (Lipinski definition) is 15. The molecule has 2 unspecified atom stereocenters. The maximum absolute atomic E-state index is 13.1. The van der Waals surface area contributed by atoms with Crippen molar-refractivity contribution in [1.82, 2.24) is 0 Å². The van der Waals surface area contributed by atoms with Gasteiger partial charge in [-0.1, -0.05) is 382 Å². The fourth-order valence-electron chi connectivity index (χ4n) is 12.8. The molecule has 0 spiro atoms. The van der Waals surface area contributed by atoms with Gasteiger partial charge in [0.2, 0.25) is 0 Å². The van der Waals surface area contributed by atoms with E-state index in [2.05, 4.69) is 48.5 Å². The van der Waals surface area contributed by atoms with Crippen LogP contribution in [0.5, 0.6) is 0 Å². The zero-order valence-electron chi connectivity index (χ0n) is 67.1. The lowest BCUT2D eigenvalue weighted by Gasteiger charge is -2.21. The van der Waals surface area contributed by atoms with Crippen molar-refractivity contribution in [2.45, 2.75) is 452 Å². The van der Waals surface area contributed by atoms with Gasteiger partial charge in [-0.2, -0.15) is 0 Å². The third-order valence-electron chi connectivity index (χ3n) is 19.4. The van der Waals surface area contributed by atoms with Crippen LogP contribution in [0.25, 0.3) is 0 Å². The van der Waals surface area contributed by atoms with Gasteiger partial charge in [0.25, 0.3) is 0 Å². The Balaban J connectivity index is 5.24. The molecule has 0 saturated heterocycles. The molecule has 0 saturated carbocycles. The van der Waals surface area contributed by atoms with E-state index in [0.29, 0.717) is 25.7 Å². The fourth-order valence-corrected chi connectivity index (χ4v) is 14.4. The Kier molecular flexibility index (Phi) is 71.8. The Bertz CT molecular complexity index is 1970. The Morgan fingerprint density at radius 2 is 0.451 bits per heavy atom. The summed E-state index contributed by atoms with van der Waals surface area (Å²) >= 11 is 0. The van der Waals surface area contributed by atoms with Crippen molar-refractivity contribution in [3.05, 3.63) is 0 Å². The molecule has 5 atom stereocenters. The van der Waals surface area contributed by atoms with E-state index in [1.165, 1.54) is 244 Å². The second-order valence-corrected chi connectivity index (χ2v) is 34.2. The van der Waals surface area contributed by atoms with E-state index < -0.39 is 97.5 Å². The number of carbonyl (C=O) groups is 4. The summed E-state index contributed by atoms with van der Waals surface area (Å²) in [5.74, 6) is 0.183. The van der Waals surface area contributed by atoms with Gasteiger partial charge in [0, 0.05) is 25.7 Å². The lowest BCUT2D eigenvalue weighted by atomic mass is 10.0.